The molecule has 1 fully saturated rings. The molecule has 1 aliphatic rings. The number of benzene rings is 1. The monoisotopic (exact) mass is 286 g/mol. The first kappa shape index (κ1) is 13.5. The molecule has 0 radical (unpaired) electrons. The fraction of sp³-hybridized carbons (Fsp3) is 0.500. The average molecular weight is 287 g/mol. The zero-order chi connectivity index (χ0) is 13.1. The molecule has 0 bridgehead atoms. The van der Waals surface area contributed by atoms with Gasteiger partial charge >= 0.3 is 0 Å². The maximum absolute atomic E-state index is 10.9. The summed E-state index contributed by atoms with van der Waals surface area (Å²) in [7, 11) is 0. The Hall–Kier alpha value is -0.940. The van der Waals surface area contributed by atoms with Crippen molar-refractivity contribution in [1.82, 2.24) is 0 Å². The molecule has 1 saturated heterocycles. The molecule has 0 aliphatic carbocycles. The second-order valence-corrected chi connectivity index (χ2v) is 5.74. The molecule has 4 nitrogen and oxygen atoms in total. The second-order valence-electron chi connectivity index (χ2n) is 4.32. The van der Waals surface area contributed by atoms with Gasteiger partial charge in [0.05, 0.1) is 10.8 Å². The molecule has 2 rings (SSSR count). The van der Waals surface area contributed by atoms with Crippen LogP contribution < -0.4 is 4.90 Å². The molecule has 0 aromatic heterocycles. The van der Waals surface area contributed by atoms with Crippen LogP contribution >= 0.6 is 23.4 Å². The normalized spacial score (nSPS) is 19.9. The summed E-state index contributed by atoms with van der Waals surface area (Å²) in [6, 6.07) is 5.67. The number of hydrogen-bond donors (Lipinski definition) is 0. The summed E-state index contributed by atoms with van der Waals surface area (Å²) < 4.78 is 0. The van der Waals surface area contributed by atoms with Crippen molar-refractivity contribution in [1.29, 1.82) is 0 Å². The third kappa shape index (κ3) is 2.72. The Morgan fingerprint density at radius 2 is 2.39 bits per heavy atom. The van der Waals surface area contributed by atoms with Crippen LogP contribution in [-0.4, -0.2) is 29.0 Å². The predicted molar refractivity (Wildman–Crippen MR) is 76.8 cm³/mol. The summed E-state index contributed by atoms with van der Waals surface area (Å²) in [6.45, 7) is 3.15. The number of halogens is 1. The van der Waals surface area contributed by atoms with Crippen molar-refractivity contribution >= 4 is 34.7 Å². The summed E-state index contributed by atoms with van der Waals surface area (Å²) in [6.07, 6.45) is 0. The van der Waals surface area contributed by atoms with Gasteiger partial charge in [0, 0.05) is 41.4 Å². The van der Waals surface area contributed by atoms with E-state index < -0.39 is 0 Å². The van der Waals surface area contributed by atoms with Gasteiger partial charge in [0.1, 0.15) is 0 Å². The molecule has 0 saturated carbocycles. The minimum atomic E-state index is -0.378. The van der Waals surface area contributed by atoms with Gasteiger partial charge in [-0.25, -0.2) is 0 Å². The van der Waals surface area contributed by atoms with Gasteiger partial charge in [-0.1, -0.05) is 0 Å². The van der Waals surface area contributed by atoms with E-state index in [2.05, 4.69) is 11.8 Å². The molecule has 0 amide bonds. The van der Waals surface area contributed by atoms with E-state index >= 15 is 0 Å². The van der Waals surface area contributed by atoms with E-state index in [4.69, 9.17) is 11.6 Å². The highest BCUT2D eigenvalue weighted by Gasteiger charge is 2.21. The number of anilines is 1. The quantitative estimate of drug-likeness (QED) is 0.486. The molecule has 0 N–H and O–H groups in total. The minimum absolute atomic E-state index is 0.104. The first-order valence-corrected chi connectivity index (χ1v) is 7.50. The molecule has 6 heteroatoms. The van der Waals surface area contributed by atoms with Crippen LogP contribution in [0, 0.1) is 10.1 Å². The lowest BCUT2D eigenvalue weighted by Gasteiger charge is -2.35. The van der Waals surface area contributed by atoms with Gasteiger partial charge in [0.25, 0.3) is 5.69 Å². The fourth-order valence-electron chi connectivity index (χ4n) is 2.15. The van der Waals surface area contributed by atoms with Gasteiger partial charge in [-0.2, -0.15) is 11.8 Å². The van der Waals surface area contributed by atoms with Crippen molar-refractivity contribution in [2.24, 2.45) is 0 Å². The van der Waals surface area contributed by atoms with Crippen molar-refractivity contribution in [3.63, 3.8) is 0 Å². The lowest BCUT2D eigenvalue weighted by Crippen LogP contribution is -2.40. The van der Waals surface area contributed by atoms with E-state index in [1.165, 1.54) is 0 Å². The third-order valence-electron chi connectivity index (χ3n) is 3.10. The summed E-state index contributed by atoms with van der Waals surface area (Å²) in [4.78, 5) is 12.8. The van der Waals surface area contributed by atoms with Crippen LogP contribution in [0.1, 0.15) is 12.5 Å². The molecule has 1 aliphatic heterocycles. The molecule has 18 heavy (non-hydrogen) atoms. The molecule has 0 spiro atoms. The summed E-state index contributed by atoms with van der Waals surface area (Å²) in [5, 5.41) is 10.9. The Labute approximate surface area is 115 Å². The van der Waals surface area contributed by atoms with Crippen LogP contribution in [-0.2, 0) is 5.88 Å². The largest absolute Gasteiger partial charge is 0.367 e. The molecule has 1 aromatic rings. The number of nitro groups is 1. The second kappa shape index (κ2) is 5.80. The van der Waals surface area contributed by atoms with Crippen molar-refractivity contribution in [2.75, 3.05) is 23.0 Å². The van der Waals surface area contributed by atoms with Crippen LogP contribution in [0.15, 0.2) is 18.2 Å². The van der Waals surface area contributed by atoms with Crippen molar-refractivity contribution in [3.05, 3.63) is 33.9 Å². The molecular weight excluding hydrogens is 272 g/mol. The van der Waals surface area contributed by atoms with Gasteiger partial charge in [-0.3, -0.25) is 10.1 Å². The zero-order valence-corrected chi connectivity index (χ0v) is 11.7. The van der Waals surface area contributed by atoms with Gasteiger partial charge in [-0.05, 0) is 19.1 Å². The standard InChI is InChI=1S/C12H15ClN2O2S/c1-9-8-18-5-4-14(9)11-2-3-12(15(16)17)10(6-11)7-13/h2-3,6,9H,4-5,7-8H2,1H3. The average Bonchev–Trinajstić information content (AvgIpc) is 2.38. The number of alkyl halides is 1. The van der Waals surface area contributed by atoms with Gasteiger partial charge in [-0.15, -0.1) is 11.6 Å². The van der Waals surface area contributed by atoms with Crippen LogP contribution in [0.3, 0.4) is 0 Å². The van der Waals surface area contributed by atoms with Crippen LogP contribution in [0.2, 0.25) is 0 Å². The topological polar surface area (TPSA) is 46.4 Å². The molecule has 1 atom stereocenters. The van der Waals surface area contributed by atoms with Crippen molar-refractivity contribution in [3.8, 4) is 0 Å². The summed E-state index contributed by atoms with van der Waals surface area (Å²) >= 11 is 7.74. The lowest BCUT2D eigenvalue weighted by molar-refractivity contribution is -0.385. The number of rotatable bonds is 3. The van der Waals surface area contributed by atoms with Crippen molar-refractivity contribution < 1.29 is 4.92 Å². The predicted octanol–water partition coefficient (Wildman–Crippen LogP) is 3.28. The molecule has 1 aromatic carbocycles. The zero-order valence-electron chi connectivity index (χ0n) is 10.1. The highest BCUT2D eigenvalue weighted by atomic mass is 35.5. The molecule has 98 valence electrons. The smallest absolute Gasteiger partial charge is 0.273 e. The van der Waals surface area contributed by atoms with Gasteiger partial charge in [0.2, 0.25) is 0 Å². The first-order chi connectivity index (χ1) is 8.63. The lowest BCUT2D eigenvalue weighted by atomic mass is 10.1. The summed E-state index contributed by atoms with van der Waals surface area (Å²) in [5.74, 6) is 2.35. The minimum Gasteiger partial charge on any atom is -0.367 e. The number of nitro benzene ring substituents is 1. The Morgan fingerprint density at radius 1 is 1.61 bits per heavy atom. The maximum atomic E-state index is 10.9. The van der Waals surface area contributed by atoms with Gasteiger partial charge < -0.3 is 4.90 Å². The summed E-state index contributed by atoms with van der Waals surface area (Å²) in [5.41, 5.74) is 1.72. The van der Waals surface area contributed by atoms with E-state index in [0.717, 1.165) is 23.7 Å². The number of nitrogens with zero attached hydrogens (tertiary/aromatic N) is 2. The molecular formula is C12H15ClN2O2S. The van der Waals surface area contributed by atoms with Crippen LogP contribution in [0.4, 0.5) is 11.4 Å². The number of hydrogen-bond acceptors (Lipinski definition) is 4. The highest BCUT2D eigenvalue weighted by Crippen LogP contribution is 2.29. The Bertz CT molecular complexity index is 456. The molecule has 1 unspecified atom stereocenters. The van der Waals surface area contributed by atoms with E-state index in [1.807, 2.05) is 23.9 Å². The SMILES string of the molecule is CC1CSCCN1c1ccc([N+](=O)[O-])c(CCl)c1. The van der Waals surface area contributed by atoms with Crippen LogP contribution in [0.5, 0.6) is 0 Å². The van der Waals surface area contributed by atoms with Gasteiger partial charge in [0.15, 0.2) is 0 Å². The maximum Gasteiger partial charge on any atom is 0.273 e. The Morgan fingerprint density at radius 3 is 3.00 bits per heavy atom. The Kier molecular flexibility index (Phi) is 4.35. The first-order valence-electron chi connectivity index (χ1n) is 5.81. The van der Waals surface area contributed by atoms with E-state index in [0.29, 0.717) is 11.6 Å². The van der Waals surface area contributed by atoms with Crippen molar-refractivity contribution in [2.45, 2.75) is 18.8 Å². The van der Waals surface area contributed by atoms with E-state index in [9.17, 15) is 10.1 Å². The Balaban J connectivity index is 2.31. The van der Waals surface area contributed by atoms with Crippen LogP contribution in [0.25, 0.3) is 0 Å². The fourth-order valence-corrected chi connectivity index (χ4v) is 3.37. The van der Waals surface area contributed by atoms with E-state index in [-0.39, 0.29) is 16.5 Å². The molecule has 1 heterocycles. The third-order valence-corrected chi connectivity index (χ3v) is 4.58. The highest BCUT2D eigenvalue weighted by molar-refractivity contribution is 7.99. The number of thioether (sulfide) groups is 1. The van der Waals surface area contributed by atoms with E-state index in [1.54, 1.807) is 6.07 Å².